The van der Waals surface area contributed by atoms with Crippen LogP contribution < -0.4 is 5.32 Å². The van der Waals surface area contributed by atoms with Gasteiger partial charge in [0, 0.05) is 6.20 Å². The first kappa shape index (κ1) is 23.3. The molecule has 3 aromatic rings. The van der Waals surface area contributed by atoms with Crippen LogP contribution in [0.15, 0.2) is 60.8 Å². The summed E-state index contributed by atoms with van der Waals surface area (Å²) in [6, 6.07) is 14.2. The highest BCUT2D eigenvalue weighted by Gasteiger charge is 2.30. The van der Waals surface area contributed by atoms with Crippen molar-refractivity contribution in [3.63, 3.8) is 0 Å². The number of aromatic carboxylic acids is 1. The number of nitrogens with one attached hydrogen (secondary N) is 1. The molecule has 3 rings (SSSR count). The van der Waals surface area contributed by atoms with Crippen LogP contribution in [0.5, 0.6) is 0 Å². The van der Waals surface area contributed by atoms with E-state index >= 15 is 0 Å². The lowest BCUT2D eigenvalue weighted by molar-refractivity contribution is -0.137. The van der Waals surface area contributed by atoms with Gasteiger partial charge in [0.2, 0.25) is 0 Å². The number of aryl methyl sites for hydroxylation is 1. The van der Waals surface area contributed by atoms with Crippen LogP contribution in [0.25, 0.3) is 11.1 Å². The maximum absolute atomic E-state index is 12.8. The van der Waals surface area contributed by atoms with Crippen LogP contribution in [0.4, 0.5) is 19.0 Å². The molecule has 4 nitrogen and oxygen atoms in total. The number of hydrogen-bond donors (Lipinski definition) is 2. The molecule has 168 valence electrons. The number of pyridine rings is 1. The SMILES string of the molecule is Cc1cc(C(CC(C)C)Nc2ccc(C(=O)O)cn2)ccc1-c1ccc(C(F)(F)F)cc1. The average Bonchev–Trinajstić information content (AvgIpc) is 2.73. The van der Waals surface area contributed by atoms with Crippen molar-refractivity contribution < 1.29 is 23.1 Å². The molecule has 2 aromatic carbocycles. The van der Waals surface area contributed by atoms with Gasteiger partial charge in [-0.2, -0.15) is 13.2 Å². The van der Waals surface area contributed by atoms with E-state index in [1.54, 1.807) is 6.07 Å². The van der Waals surface area contributed by atoms with Gasteiger partial charge in [-0.1, -0.05) is 44.2 Å². The molecular weight excluding hydrogens is 417 g/mol. The monoisotopic (exact) mass is 442 g/mol. The number of nitrogens with zero attached hydrogens (tertiary/aromatic N) is 1. The Bertz CT molecular complexity index is 1080. The van der Waals surface area contributed by atoms with Gasteiger partial charge in [0.05, 0.1) is 17.2 Å². The summed E-state index contributed by atoms with van der Waals surface area (Å²) in [5.41, 5.74) is 3.02. The molecule has 0 aliphatic carbocycles. The van der Waals surface area contributed by atoms with E-state index in [-0.39, 0.29) is 11.6 Å². The zero-order valence-corrected chi connectivity index (χ0v) is 18.1. The number of aromatic nitrogens is 1. The van der Waals surface area contributed by atoms with Crippen LogP contribution >= 0.6 is 0 Å². The van der Waals surface area contributed by atoms with Gasteiger partial charge in [0.1, 0.15) is 5.82 Å². The zero-order chi connectivity index (χ0) is 23.5. The molecule has 0 fully saturated rings. The quantitative estimate of drug-likeness (QED) is 0.415. The number of benzene rings is 2. The van der Waals surface area contributed by atoms with E-state index in [9.17, 15) is 18.0 Å². The lowest BCUT2D eigenvalue weighted by atomic mass is 9.92. The third-order valence-electron chi connectivity index (χ3n) is 5.22. The average molecular weight is 442 g/mol. The van der Waals surface area contributed by atoms with Gasteiger partial charge in [0.25, 0.3) is 0 Å². The molecular formula is C25H25F3N2O2. The summed E-state index contributed by atoms with van der Waals surface area (Å²) in [5, 5.41) is 12.4. The number of anilines is 1. The Morgan fingerprint density at radius 2 is 1.75 bits per heavy atom. The molecule has 2 N–H and O–H groups in total. The number of carboxylic acid groups (broad SMARTS) is 1. The van der Waals surface area contributed by atoms with E-state index in [4.69, 9.17) is 5.11 Å². The lowest BCUT2D eigenvalue weighted by Gasteiger charge is -2.23. The van der Waals surface area contributed by atoms with Gasteiger partial charge in [0.15, 0.2) is 0 Å². The van der Waals surface area contributed by atoms with E-state index in [2.05, 4.69) is 24.1 Å². The Hall–Kier alpha value is -3.35. The number of carboxylic acids is 1. The van der Waals surface area contributed by atoms with Crippen molar-refractivity contribution in [1.82, 2.24) is 4.98 Å². The standard InChI is InChI=1S/C25H25F3N2O2/c1-15(2)12-22(30-23-11-7-19(14-29-23)24(31)32)18-6-10-21(16(3)13-18)17-4-8-20(9-5-17)25(26,27)28/h4-11,13-15,22H,12H2,1-3H3,(H,29,30)(H,31,32). The van der Waals surface area contributed by atoms with Gasteiger partial charge in [-0.05, 0) is 65.8 Å². The second-order valence-corrected chi connectivity index (χ2v) is 8.21. The van der Waals surface area contributed by atoms with E-state index in [0.29, 0.717) is 11.7 Å². The van der Waals surface area contributed by atoms with Gasteiger partial charge >= 0.3 is 12.1 Å². The summed E-state index contributed by atoms with van der Waals surface area (Å²) in [6.45, 7) is 6.15. The summed E-state index contributed by atoms with van der Waals surface area (Å²) >= 11 is 0. The fraction of sp³-hybridized carbons (Fsp3) is 0.280. The second-order valence-electron chi connectivity index (χ2n) is 8.21. The van der Waals surface area contributed by atoms with Crippen molar-refractivity contribution in [2.45, 2.75) is 39.4 Å². The maximum atomic E-state index is 12.8. The molecule has 0 saturated heterocycles. The van der Waals surface area contributed by atoms with Crippen LogP contribution in [0.2, 0.25) is 0 Å². The van der Waals surface area contributed by atoms with Crippen molar-refractivity contribution in [2.24, 2.45) is 5.92 Å². The Kier molecular flexibility index (Phi) is 6.87. The van der Waals surface area contributed by atoms with Gasteiger partial charge in [-0.25, -0.2) is 9.78 Å². The maximum Gasteiger partial charge on any atom is 0.416 e. The van der Waals surface area contributed by atoms with Crippen molar-refractivity contribution in [1.29, 1.82) is 0 Å². The highest BCUT2D eigenvalue weighted by Crippen LogP contribution is 2.33. The normalized spacial score (nSPS) is 12.6. The van der Waals surface area contributed by atoms with E-state index in [1.165, 1.54) is 24.4 Å². The fourth-order valence-electron chi connectivity index (χ4n) is 3.60. The van der Waals surface area contributed by atoms with Crippen LogP contribution in [0.3, 0.4) is 0 Å². The van der Waals surface area contributed by atoms with Crippen molar-refractivity contribution in [3.05, 3.63) is 83.0 Å². The highest BCUT2D eigenvalue weighted by molar-refractivity contribution is 5.87. The second kappa shape index (κ2) is 9.42. The molecule has 0 saturated carbocycles. The Morgan fingerprint density at radius 1 is 1.06 bits per heavy atom. The van der Waals surface area contributed by atoms with E-state index in [0.717, 1.165) is 40.8 Å². The summed E-state index contributed by atoms with van der Waals surface area (Å²) in [7, 11) is 0. The first-order valence-corrected chi connectivity index (χ1v) is 10.3. The number of alkyl halides is 3. The van der Waals surface area contributed by atoms with Gasteiger partial charge in [-0.15, -0.1) is 0 Å². The minimum Gasteiger partial charge on any atom is -0.478 e. The number of rotatable bonds is 7. The predicted molar refractivity (Wildman–Crippen MR) is 119 cm³/mol. The highest BCUT2D eigenvalue weighted by atomic mass is 19.4. The Morgan fingerprint density at radius 3 is 2.25 bits per heavy atom. The fourth-order valence-corrected chi connectivity index (χ4v) is 3.60. The van der Waals surface area contributed by atoms with Crippen LogP contribution in [-0.4, -0.2) is 16.1 Å². The van der Waals surface area contributed by atoms with E-state index < -0.39 is 17.7 Å². The third kappa shape index (κ3) is 5.66. The molecule has 7 heteroatoms. The topological polar surface area (TPSA) is 62.2 Å². The van der Waals surface area contributed by atoms with Crippen molar-refractivity contribution >= 4 is 11.8 Å². The molecule has 32 heavy (non-hydrogen) atoms. The largest absolute Gasteiger partial charge is 0.478 e. The first-order valence-electron chi connectivity index (χ1n) is 10.3. The molecule has 0 aliphatic heterocycles. The zero-order valence-electron chi connectivity index (χ0n) is 18.1. The summed E-state index contributed by atoms with van der Waals surface area (Å²) in [4.78, 5) is 15.2. The molecule has 0 aliphatic rings. The number of hydrogen-bond acceptors (Lipinski definition) is 3. The van der Waals surface area contributed by atoms with Crippen LogP contribution in [0, 0.1) is 12.8 Å². The lowest BCUT2D eigenvalue weighted by Crippen LogP contribution is -2.14. The Balaban J connectivity index is 1.86. The summed E-state index contributed by atoms with van der Waals surface area (Å²) < 4.78 is 38.5. The predicted octanol–water partition coefficient (Wildman–Crippen LogP) is 6.97. The smallest absolute Gasteiger partial charge is 0.416 e. The van der Waals surface area contributed by atoms with E-state index in [1.807, 2.05) is 25.1 Å². The van der Waals surface area contributed by atoms with Gasteiger partial charge in [-0.3, -0.25) is 0 Å². The Labute approximate surface area is 185 Å². The first-order chi connectivity index (χ1) is 15.0. The molecule has 1 aromatic heterocycles. The summed E-state index contributed by atoms with van der Waals surface area (Å²) in [5.74, 6) is -0.0666. The minimum atomic E-state index is -4.36. The minimum absolute atomic E-state index is 0.0569. The van der Waals surface area contributed by atoms with Crippen molar-refractivity contribution in [3.8, 4) is 11.1 Å². The molecule has 0 bridgehead atoms. The number of halogens is 3. The van der Waals surface area contributed by atoms with Crippen LogP contribution in [-0.2, 0) is 6.18 Å². The summed E-state index contributed by atoms with van der Waals surface area (Å²) in [6.07, 6.45) is -2.22. The van der Waals surface area contributed by atoms with Gasteiger partial charge < -0.3 is 10.4 Å². The molecule has 1 heterocycles. The number of carbonyl (C=O) groups is 1. The van der Waals surface area contributed by atoms with Crippen LogP contribution in [0.1, 0.15) is 53.4 Å². The molecule has 1 unspecified atom stereocenters. The van der Waals surface area contributed by atoms with Crippen molar-refractivity contribution in [2.75, 3.05) is 5.32 Å². The molecule has 0 radical (unpaired) electrons. The molecule has 0 amide bonds. The third-order valence-corrected chi connectivity index (χ3v) is 5.22. The molecule has 0 spiro atoms. The molecule has 1 atom stereocenters.